The summed E-state index contributed by atoms with van der Waals surface area (Å²) in [4.78, 5) is 14.5. The molecular formula is C16H25NO2S. The van der Waals surface area contributed by atoms with Gasteiger partial charge in [-0.1, -0.05) is 20.3 Å². The molecule has 112 valence electrons. The number of aliphatic hydroxyl groups is 1. The Kier molecular flexibility index (Phi) is 5.22. The second-order valence-corrected chi connectivity index (χ2v) is 7.13. The number of nitrogens with one attached hydrogen (secondary N) is 1. The first-order valence-corrected chi connectivity index (χ1v) is 8.40. The quantitative estimate of drug-likeness (QED) is 0.877. The van der Waals surface area contributed by atoms with Crippen LogP contribution in [0.5, 0.6) is 0 Å². The number of carbonyl (C=O) groups is 1. The molecule has 1 aromatic rings. The van der Waals surface area contributed by atoms with E-state index in [-0.39, 0.29) is 24.5 Å². The molecule has 1 aliphatic carbocycles. The van der Waals surface area contributed by atoms with Crippen molar-refractivity contribution < 1.29 is 9.90 Å². The van der Waals surface area contributed by atoms with Gasteiger partial charge in [0.15, 0.2) is 0 Å². The first-order chi connectivity index (χ1) is 9.55. The fourth-order valence-electron chi connectivity index (χ4n) is 2.64. The maximum absolute atomic E-state index is 12.3. The van der Waals surface area contributed by atoms with Crippen LogP contribution < -0.4 is 5.32 Å². The number of hydrogen-bond acceptors (Lipinski definition) is 3. The molecule has 3 nitrogen and oxygen atoms in total. The molecule has 0 aromatic carbocycles. The Morgan fingerprint density at radius 3 is 2.95 bits per heavy atom. The standard InChI is InChI=1S/C16H25NO2S/c1-4-12-5-6-14-13(7-12)8-15(20-14)16(19)17-11(3)10(2)9-18/h8,10-12,18H,4-7,9H2,1-3H3,(H,17,19). The number of hydrogen-bond donors (Lipinski definition) is 2. The maximum Gasteiger partial charge on any atom is 0.261 e. The highest BCUT2D eigenvalue weighted by Gasteiger charge is 2.23. The average Bonchev–Trinajstić information content (AvgIpc) is 2.88. The fraction of sp³-hybridized carbons (Fsp3) is 0.688. The van der Waals surface area contributed by atoms with E-state index >= 15 is 0 Å². The van der Waals surface area contributed by atoms with E-state index in [2.05, 4.69) is 18.3 Å². The van der Waals surface area contributed by atoms with E-state index in [1.165, 1.54) is 23.3 Å². The Labute approximate surface area is 125 Å². The molecule has 2 rings (SSSR count). The van der Waals surface area contributed by atoms with Crippen molar-refractivity contribution in [2.24, 2.45) is 11.8 Å². The topological polar surface area (TPSA) is 49.3 Å². The summed E-state index contributed by atoms with van der Waals surface area (Å²) in [5.74, 6) is 0.865. The van der Waals surface area contributed by atoms with Crippen LogP contribution >= 0.6 is 11.3 Å². The number of fused-ring (bicyclic) bond motifs is 1. The lowest BCUT2D eigenvalue weighted by atomic mass is 9.87. The van der Waals surface area contributed by atoms with E-state index in [0.29, 0.717) is 0 Å². The van der Waals surface area contributed by atoms with Gasteiger partial charge in [0, 0.05) is 17.5 Å². The van der Waals surface area contributed by atoms with Gasteiger partial charge in [-0.05, 0) is 49.7 Å². The number of aliphatic hydroxyl groups excluding tert-OH is 1. The number of carbonyl (C=O) groups excluding carboxylic acids is 1. The van der Waals surface area contributed by atoms with Crippen LogP contribution in [0.15, 0.2) is 6.07 Å². The molecule has 1 aliphatic rings. The van der Waals surface area contributed by atoms with Gasteiger partial charge in [-0.3, -0.25) is 4.79 Å². The third kappa shape index (κ3) is 3.41. The average molecular weight is 295 g/mol. The van der Waals surface area contributed by atoms with E-state index < -0.39 is 0 Å². The van der Waals surface area contributed by atoms with Crippen LogP contribution in [0.2, 0.25) is 0 Å². The van der Waals surface area contributed by atoms with E-state index in [0.717, 1.165) is 23.6 Å². The Bertz CT molecular complexity index is 469. The van der Waals surface area contributed by atoms with Gasteiger partial charge in [-0.25, -0.2) is 0 Å². The monoisotopic (exact) mass is 295 g/mol. The van der Waals surface area contributed by atoms with Gasteiger partial charge in [0.2, 0.25) is 0 Å². The summed E-state index contributed by atoms with van der Waals surface area (Å²) in [7, 11) is 0. The van der Waals surface area contributed by atoms with Crippen molar-refractivity contribution in [3.63, 3.8) is 0 Å². The van der Waals surface area contributed by atoms with Crippen LogP contribution in [-0.4, -0.2) is 23.7 Å². The highest BCUT2D eigenvalue weighted by atomic mass is 32.1. The summed E-state index contributed by atoms with van der Waals surface area (Å²) < 4.78 is 0. The molecule has 1 aromatic heterocycles. The lowest BCUT2D eigenvalue weighted by molar-refractivity contribution is 0.0920. The molecule has 1 heterocycles. The summed E-state index contributed by atoms with van der Waals surface area (Å²) in [6.45, 7) is 6.23. The second-order valence-electron chi connectivity index (χ2n) is 6.00. The normalized spacial score (nSPS) is 21.1. The van der Waals surface area contributed by atoms with Gasteiger partial charge in [0.1, 0.15) is 0 Å². The van der Waals surface area contributed by atoms with Crippen LogP contribution in [0.4, 0.5) is 0 Å². The number of aryl methyl sites for hydroxylation is 1. The summed E-state index contributed by atoms with van der Waals surface area (Å²) in [6.07, 6.45) is 4.72. The summed E-state index contributed by atoms with van der Waals surface area (Å²) in [6, 6.07) is 2.07. The third-order valence-electron chi connectivity index (χ3n) is 4.49. The van der Waals surface area contributed by atoms with Crippen LogP contribution in [0.3, 0.4) is 0 Å². The molecule has 0 bridgehead atoms. The van der Waals surface area contributed by atoms with Gasteiger partial charge < -0.3 is 10.4 Å². The number of amides is 1. The van der Waals surface area contributed by atoms with Gasteiger partial charge in [-0.15, -0.1) is 11.3 Å². The van der Waals surface area contributed by atoms with Crippen molar-refractivity contribution in [2.45, 2.75) is 52.5 Å². The zero-order chi connectivity index (χ0) is 14.7. The molecule has 3 unspecified atom stereocenters. The largest absolute Gasteiger partial charge is 0.396 e. The first kappa shape index (κ1) is 15.5. The molecule has 0 fully saturated rings. The van der Waals surface area contributed by atoms with Crippen molar-refractivity contribution in [3.05, 3.63) is 21.4 Å². The van der Waals surface area contributed by atoms with Crippen molar-refractivity contribution in [1.82, 2.24) is 5.32 Å². The van der Waals surface area contributed by atoms with Gasteiger partial charge in [0.05, 0.1) is 4.88 Å². The van der Waals surface area contributed by atoms with Crippen molar-refractivity contribution >= 4 is 17.2 Å². The van der Waals surface area contributed by atoms with Crippen LogP contribution in [-0.2, 0) is 12.8 Å². The lowest BCUT2D eigenvalue weighted by Gasteiger charge is -2.19. The molecular weight excluding hydrogens is 270 g/mol. The fourth-order valence-corrected chi connectivity index (χ4v) is 3.75. The molecule has 20 heavy (non-hydrogen) atoms. The lowest BCUT2D eigenvalue weighted by Crippen LogP contribution is -2.38. The first-order valence-electron chi connectivity index (χ1n) is 7.58. The van der Waals surface area contributed by atoms with Gasteiger partial charge in [-0.2, -0.15) is 0 Å². The minimum Gasteiger partial charge on any atom is -0.396 e. The SMILES string of the molecule is CCC1CCc2sc(C(=O)NC(C)C(C)CO)cc2C1. The molecule has 3 atom stereocenters. The predicted molar refractivity (Wildman–Crippen MR) is 83.3 cm³/mol. The van der Waals surface area contributed by atoms with Crippen LogP contribution in [0.1, 0.15) is 53.7 Å². The van der Waals surface area contributed by atoms with Gasteiger partial charge >= 0.3 is 0 Å². The zero-order valence-corrected chi connectivity index (χ0v) is 13.4. The highest BCUT2D eigenvalue weighted by Crippen LogP contribution is 2.33. The van der Waals surface area contributed by atoms with E-state index in [1.54, 1.807) is 11.3 Å². The molecule has 2 N–H and O–H groups in total. The summed E-state index contributed by atoms with van der Waals surface area (Å²) in [5.41, 5.74) is 1.38. The molecule has 0 saturated carbocycles. The minimum atomic E-state index is -0.00461. The molecule has 1 amide bonds. The predicted octanol–water partition coefficient (Wildman–Crippen LogP) is 3.01. The molecule has 4 heteroatoms. The zero-order valence-electron chi connectivity index (χ0n) is 12.6. The molecule has 0 saturated heterocycles. The smallest absolute Gasteiger partial charge is 0.261 e. The second kappa shape index (κ2) is 6.72. The Morgan fingerprint density at radius 1 is 1.55 bits per heavy atom. The number of rotatable bonds is 5. The van der Waals surface area contributed by atoms with Crippen molar-refractivity contribution in [2.75, 3.05) is 6.61 Å². The summed E-state index contributed by atoms with van der Waals surface area (Å²) >= 11 is 1.64. The minimum absolute atomic E-state index is 0.00461. The van der Waals surface area contributed by atoms with E-state index in [9.17, 15) is 4.79 Å². The van der Waals surface area contributed by atoms with Crippen molar-refractivity contribution in [1.29, 1.82) is 0 Å². The van der Waals surface area contributed by atoms with Crippen molar-refractivity contribution in [3.8, 4) is 0 Å². The van der Waals surface area contributed by atoms with Gasteiger partial charge in [0.25, 0.3) is 5.91 Å². The van der Waals surface area contributed by atoms with Crippen LogP contribution in [0, 0.1) is 11.8 Å². The molecule has 0 radical (unpaired) electrons. The van der Waals surface area contributed by atoms with Crippen LogP contribution in [0.25, 0.3) is 0 Å². The molecule has 0 aliphatic heterocycles. The Hall–Kier alpha value is -0.870. The highest BCUT2D eigenvalue weighted by molar-refractivity contribution is 7.14. The van der Waals surface area contributed by atoms with E-state index in [4.69, 9.17) is 5.11 Å². The Balaban J connectivity index is 2.03. The third-order valence-corrected chi connectivity index (χ3v) is 5.72. The molecule has 0 spiro atoms. The maximum atomic E-state index is 12.3. The van der Waals surface area contributed by atoms with E-state index in [1.807, 2.05) is 13.8 Å². The Morgan fingerprint density at radius 2 is 2.30 bits per heavy atom. The summed E-state index contributed by atoms with van der Waals surface area (Å²) in [5, 5.41) is 12.1. The number of thiophene rings is 1.